The van der Waals surface area contributed by atoms with Crippen LogP contribution in [0.5, 0.6) is 0 Å². The van der Waals surface area contributed by atoms with E-state index in [0.717, 1.165) is 16.3 Å². The van der Waals surface area contributed by atoms with Gasteiger partial charge in [0.25, 0.3) is 5.91 Å². The third kappa shape index (κ3) is 3.89. The van der Waals surface area contributed by atoms with Crippen molar-refractivity contribution >= 4 is 23.4 Å². The van der Waals surface area contributed by atoms with Crippen molar-refractivity contribution in [2.24, 2.45) is 0 Å². The number of anilines is 1. The van der Waals surface area contributed by atoms with E-state index in [4.69, 9.17) is 4.74 Å². The van der Waals surface area contributed by atoms with Crippen LogP contribution in [0.15, 0.2) is 41.8 Å². The smallest absolute Gasteiger partial charge is 0.256 e. The lowest BCUT2D eigenvalue weighted by atomic mass is 10.1. The minimum Gasteiger partial charge on any atom is -0.369 e. The van der Waals surface area contributed by atoms with Crippen molar-refractivity contribution in [1.29, 1.82) is 0 Å². The Morgan fingerprint density at radius 1 is 1.50 bits per heavy atom. The summed E-state index contributed by atoms with van der Waals surface area (Å²) in [5.41, 5.74) is -0.0320. The average Bonchev–Trinajstić information content (AvgIpc) is 2.37. The van der Waals surface area contributed by atoms with Crippen molar-refractivity contribution in [3.8, 4) is 0 Å². The van der Waals surface area contributed by atoms with Crippen LogP contribution in [0.4, 0.5) is 5.69 Å². The Morgan fingerprint density at radius 3 is 2.78 bits per heavy atom. The summed E-state index contributed by atoms with van der Waals surface area (Å²) in [6.07, 6.45) is 1.84. The van der Waals surface area contributed by atoms with Gasteiger partial charge in [-0.1, -0.05) is 18.2 Å². The molecule has 1 rings (SSSR count). The highest BCUT2D eigenvalue weighted by molar-refractivity contribution is 7.99. The van der Waals surface area contributed by atoms with Crippen molar-refractivity contribution in [3.05, 3.63) is 36.9 Å². The Kier molecular flexibility index (Phi) is 5.44. The first-order valence-corrected chi connectivity index (χ1v) is 6.69. The minimum atomic E-state index is -0.837. The standard InChI is InChI=1S/C14H19NO2S/c1-5-10-18-12-9-7-6-8-11(12)15-13(16)14(2,3)17-4/h5-9H,1,10H2,2-4H3,(H,15,16). The summed E-state index contributed by atoms with van der Waals surface area (Å²) in [7, 11) is 1.53. The highest BCUT2D eigenvalue weighted by Crippen LogP contribution is 2.27. The fourth-order valence-corrected chi connectivity index (χ4v) is 1.96. The SMILES string of the molecule is C=CCSc1ccccc1NC(=O)C(C)(C)OC. The quantitative estimate of drug-likeness (QED) is 0.633. The number of ether oxygens (including phenoxy) is 1. The lowest BCUT2D eigenvalue weighted by molar-refractivity contribution is -0.133. The highest BCUT2D eigenvalue weighted by Gasteiger charge is 2.27. The number of rotatable bonds is 6. The van der Waals surface area contributed by atoms with Crippen LogP contribution in [0.25, 0.3) is 0 Å². The molecule has 18 heavy (non-hydrogen) atoms. The topological polar surface area (TPSA) is 38.3 Å². The number of methoxy groups -OCH3 is 1. The number of carbonyl (C=O) groups is 1. The minimum absolute atomic E-state index is 0.156. The Morgan fingerprint density at radius 2 is 2.17 bits per heavy atom. The molecule has 0 radical (unpaired) electrons. The molecule has 1 amide bonds. The molecule has 1 N–H and O–H groups in total. The van der Waals surface area contributed by atoms with Gasteiger partial charge in [0.2, 0.25) is 0 Å². The molecule has 1 aromatic carbocycles. The first-order valence-electron chi connectivity index (χ1n) is 5.70. The van der Waals surface area contributed by atoms with Gasteiger partial charge in [-0.2, -0.15) is 0 Å². The van der Waals surface area contributed by atoms with E-state index in [9.17, 15) is 4.79 Å². The molecule has 1 aromatic rings. The molecule has 0 saturated heterocycles. The molecule has 98 valence electrons. The Labute approximate surface area is 113 Å². The summed E-state index contributed by atoms with van der Waals surface area (Å²) < 4.78 is 5.16. The summed E-state index contributed by atoms with van der Waals surface area (Å²) in [5, 5.41) is 2.89. The predicted molar refractivity (Wildman–Crippen MR) is 77.1 cm³/mol. The fraction of sp³-hybridized carbons (Fsp3) is 0.357. The van der Waals surface area contributed by atoms with Gasteiger partial charge in [0, 0.05) is 17.8 Å². The number of amides is 1. The zero-order valence-corrected chi connectivity index (χ0v) is 11.8. The molecule has 0 fully saturated rings. The normalized spacial score (nSPS) is 11.1. The van der Waals surface area contributed by atoms with E-state index < -0.39 is 5.60 Å². The second-order valence-corrected chi connectivity index (χ2v) is 5.33. The van der Waals surface area contributed by atoms with Gasteiger partial charge in [-0.25, -0.2) is 0 Å². The Bertz CT molecular complexity index is 430. The second-order valence-electron chi connectivity index (χ2n) is 4.26. The van der Waals surface area contributed by atoms with Gasteiger partial charge in [-0.3, -0.25) is 4.79 Å². The molecule has 3 nitrogen and oxygen atoms in total. The van der Waals surface area contributed by atoms with E-state index >= 15 is 0 Å². The van der Waals surface area contributed by atoms with E-state index in [-0.39, 0.29) is 5.91 Å². The van der Waals surface area contributed by atoms with Gasteiger partial charge in [0.1, 0.15) is 5.60 Å². The van der Waals surface area contributed by atoms with Gasteiger partial charge in [0.05, 0.1) is 5.69 Å². The second kappa shape index (κ2) is 6.61. The van der Waals surface area contributed by atoms with Crippen molar-refractivity contribution in [2.45, 2.75) is 24.3 Å². The molecule has 0 unspecified atom stereocenters. The molecule has 0 atom stereocenters. The summed E-state index contributed by atoms with van der Waals surface area (Å²) in [4.78, 5) is 13.1. The van der Waals surface area contributed by atoms with Gasteiger partial charge in [-0.15, -0.1) is 18.3 Å². The first kappa shape index (κ1) is 14.8. The van der Waals surface area contributed by atoms with Crippen molar-refractivity contribution in [3.63, 3.8) is 0 Å². The van der Waals surface area contributed by atoms with Gasteiger partial charge < -0.3 is 10.1 Å². The molecule has 0 bridgehead atoms. The third-order valence-corrected chi connectivity index (χ3v) is 3.62. The van der Waals surface area contributed by atoms with E-state index in [1.54, 1.807) is 25.6 Å². The lowest BCUT2D eigenvalue weighted by Crippen LogP contribution is -2.38. The van der Waals surface area contributed by atoms with Gasteiger partial charge >= 0.3 is 0 Å². The van der Waals surface area contributed by atoms with Crippen LogP contribution in [0.2, 0.25) is 0 Å². The number of nitrogens with one attached hydrogen (secondary N) is 1. The number of thioether (sulfide) groups is 1. The van der Waals surface area contributed by atoms with Crippen LogP contribution in [0.3, 0.4) is 0 Å². The third-order valence-electron chi connectivity index (χ3n) is 2.55. The van der Waals surface area contributed by atoms with Gasteiger partial charge in [0.15, 0.2) is 0 Å². The number of benzene rings is 1. The number of hydrogen-bond donors (Lipinski definition) is 1. The Balaban J connectivity index is 2.84. The molecule has 0 spiro atoms. The average molecular weight is 265 g/mol. The molecule has 0 heterocycles. The maximum atomic E-state index is 12.0. The van der Waals surface area contributed by atoms with E-state index in [1.807, 2.05) is 30.3 Å². The summed E-state index contributed by atoms with van der Waals surface area (Å²) >= 11 is 1.63. The molecule has 0 saturated carbocycles. The molecule has 0 aromatic heterocycles. The van der Waals surface area contributed by atoms with E-state index in [0.29, 0.717) is 0 Å². The molecule has 0 aliphatic carbocycles. The van der Waals surface area contributed by atoms with E-state index in [1.165, 1.54) is 7.11 Å². The van der Waals surface area contributed by atoms with Crippen LogP contribution in [-0.2, 0) is 9.53 Å². The molecule has 4 heteroatoms. The van der Waals surface area contributed by atoms with Crippen LogP contribution < -0.4 is 5.32 Å². The van der Waals surface area contributed by atoms with E-state index in [2.05, 4.69) is 11.9 Å². The van der Waals surface area contributed by atoms with Crippen molar-refractivity contribution in [1.82, 2.24) is 0 Å². The van der Waals surface area contributed by atoms with Crippen LogP contribution in [0, 0.1) is 0 Å². The largest absolute Gasteiger partial charge is 0.369 e. The number of hydrogen-bond acceptors (Lipinski definition) is 3. The maximum Gasteiger partial charge on any atom is 0.256 e. The number of carbonyl (C=O) groups excluding carboxylic acids is 1. The molecular weight excluding hydrogens is 246 g/mol. The molecule has 0 aliphatic rings. The highest BCUT2D eigenvalue weighted by atomic mass is 32.2. The van der Waals surface area contributed by atoms with Crippen molar-refractivity contribution in [2.75, 3.05) is 18.2 Å². The predicted octanol–water partition coefficient (Wildman–Crippen LogP) is 3.33. The number of para-hydroxylation sites is 1. The first-order chi connectivity index (χ1) is 8.51. The van der Waals surface area contributed by atoms with Gasteiger partial charge in [-0.05, 0) is 26.0 Å². The zero-order chi connectivity index (χ0) is 13.6. The van der Waals surface area contributed by atoms with Crippen molar-refractivity contribution < 1.29 is 9.53 Å². The van der Waals surface area contributed by atoms with Crippen LogP contribution in [0.1, 0.15) is 13.8 Å². The molecule has 0 aliphatic heterocycles. The molecular formula is C14H19NO2S. The van der Waals surface area contributed by atoms with Crippen LogP contribution >= 0.6 is 11.8 Å². The monoisotopic (exact) mass is 265 g/mol. The van der Waals surface area contributed by atoms with Crippen LogP contribution in [-0.4, -0.2) is 24.4 Å². The summed E-state index contributed by atoms with van der Waals surface area (Å²) in [5.74, 6) is 0.650. The maximum absolute atomic E-state index is 12.0. The lowest BCUT2D eigenvalue weighted by Gasteiger charge is -2.22. The summed E-state index contributed by atoms with van der Waals surface area (Å²) in [6.45, 7) is 7.17. The fourth-order valence-electron chi connectivity index (χ4n) is 1.21. The Hall–Kier alpha value is -1.26. The zero-order valence-electron chi connectivity index (χ0n) is 11.0. The summed E-state index contributed by atoms with van der Waals surface area (Å²) in [6, 6.07) is 7.70.